The van der Waals surface area contributed by atoms with E-state index < -0.39 is 0 Å². The van der Waals surface area contributed by atoms with Crippen molar-refractivity contribution in [1.82, 2.24) is 0 Å². The Hall–Kier alpha value is -0.915. The molecule has 82 valence electrons. The average Bonchev–Trinajstić information content (AvgIpc) is 2.23. The highest BCUT2D eigenvalue weighted by Gasteiger charge is 2.28. The van der Waals surface area contributed by atoms with Crippen molar-refractivity contribution in [2.75, 3.05) is 7.11 Å². The van der Waals surface area contributed by atoms with E-state index in [2.05, 4.69) is 20.1 Å². The summed E-state index contributed by atoms with van der Waals surface area (Å²) >= 11 is 0. The van der Waals surface area contributed by atoms with Crippen LogP contribution in [0.3, 0.4) is 0 Å². The topological polar surface area (TPSA) is 9.23 Å². The zero-order valence-electron chi connectivity index (χ0n) is 9.96. The third-order valence-electron chi connectivity index (χ3n) is 3.34. The Bertz CT molecular complexity index is 268. The minimum atomic E-state index is 0.621. The molecular weight excluding hydrogens is 183 g/mol. The lowest BCUT2D eigenvalue weighted by molar-refractivity contribution is 0.256. The molecule has 0 aromatic carbocycles. The number of ether oxygens (including phenoxy) is 1. The monoisotopic (exact) mass is 204 g/mol. The molecule has 0 aliphatic carbocycles. The minimum absolute atomic E-state index is 0.621. The maximum absolute atomic E-state index is 5.47. The van der Waals surface area contributed by atoms with Crippen molar-refractivity contribution < 1.29 is 4.74 Å². The van der Waals surface area contributed by atoms with Gasteiger partial charge in [0.05, 0.1) is 12.9 Å². The van der Waals surface area contributed by atoms with Crippen LogP contribution in [-0.4, -0.2) is 13.8 Å². The van der Waals surface area contributed by atoms with Crippen LogP contribution in [0.15, 0.2) is 36.5 Å². The number of allylic oxidation sites excluding steroid dienone is 4. The first-order valence-electron chi connectivity index (χ1n) is 5.68. The van der Waals surface area contributed by atoms with E-state index in [1.807, 2.05) is 12.2 Å². The van der Waals surface area contributed by atoms with Crippen molar-refractivity contribution in [2.45, 2.75) is 32.4 Å². The van der Waals surface area contributed by atoms with Gasteiger partial charge in [0.25, 0.3) is 0 Å². The molecule has 0 aromatic rings. The van der Waals surface area contributed by atoms with Crippen LogP contribution in [-0.2, 0) is 4.74 Å². The fraction of sp³-hybridized carbons (Fsp3) is 0.538. The quantitative estimate of drug-likeness (QED) is 0.489. The van der Waals surface area contributed by atoms with Crippen LogP contribution >= 0.6 is 0 Å². The average molecular weight is 204 g/mol. The molecule has 0 fully saturated rings. The van der Waals surface area contributed by atoms with Gasteiger partial charge in [-0.25, -0.2) is 0 Å². The van der Waals surface area contributed by atoms with Gasteiger partial charge in [-0.1, -0.05) is 30.3 Å². The summed E-state index contributed by atoms with van der Waals surface area (Å²) in [5.41, 5.74) is 1.41. The van der Waals surface area contributed by atoms with Gasteiger partial charge in [-0.05, 0) is 19.3 Å². The Morgan fingerprint density at radius 3 is 2.73 bits per heavy atom. The SMILES string of the molecule is C=CCB1CC(CC=C)CC(OC)=C1C. The molecule has 0 bridgehead atoms. The number of hydrogen-bond donors (Lipinski definition) is 0. The van der Waals surface area contributed by atoms with Crippen LogP contribution in [0.1, 0.15) is 19.8 Å². The molecular formula is C13H21BO. The minimum Gasteiger partial charge on any atom is -0.502 e. The zero-order chi connectivity index (χ0) is 11.3. The molecule has 2 heteroatoms. The van der Waals surface area contributed by atoms with Crippen LogP contribution in [0.4, 0.5) is 0 Å². The van der Waals surface area contributed by atoms with E-state index in [1.165, 1.54) is 17.6 Å². The third kappa shape index (κ3) is 3.02. The van der Waals surface area contributed by atoms with Crippen LogP contribution < -0.4 is 0 Å². The molecule has 1 heterocycles. The van der Waals surface area contributed by atoms with E-state index in [-0.39, 0.29) is 0 Å². The van der Waals surface area contributed by atoms with Crippen molar-refractivity contribution in [3.63, 3.8) is 0 Å². The van der Waals surface area contributed by atoms with E-state index in [1.54, 1.807) is 7.11 Å². The van der Waals surface area contributed by atoms with Crippen molar-refractivity contribution in [2.24, 2.45) is 5.92 Å². The number of hydrogen-bond acceptors (Lipinski definition) is 1. The first-order valence-corrected chi connectivity index (χ1v) is 5.68. The summed E-state index contributed by atoms with van der Waals surface area (Å²) in [6, 6.07) is 0. The molecule has 0 saturated carbocycles. The first kappa shape index (κ1) is 12.2. The summed E-state index contributed by atoms with van der Waals surface area (Å²) in [6.45, 7) is 10.5. The van der Waals surface area contributed by atoms with E-state index in [9.17, 15) is 0 Å². The summed E-state index contributed by atoms with van der Waals surface area (Å²) in [5.74, 6) is 1.88. The molecule has 0 spiro atoms. The highest BCUT2D eigenvalue weighted by molar-refractivity contribution is 6.67. The molecule has 0 radical (unpaired) electrons. The Kier molecular flexibility index (Phi) is 4.74. The first-order chi connectivity index (χ1) is 7.22. The number of methoxy groups -OCH3 is 1. The van der Waals surface area contributed by atoms with Crippen LogP contribution in [0.2, 0.25) is 12.6 Å². The fourth-order valence-corrected chi connectivity index (χ4v) is 2.45. The normalized spacial score (nSPS) is 21.5. The van der Waals surface area contributed by atoms with Gasteiger partial charge < -0.3 is 4.74 Å². The van der Waals surface area contributed by atoms with Crippen molar-refractivity contribution in [3.05, 3.63) is 36.5 Å². The van der Waals surface area contributed by atoms with E-state index in [4.69, 9.17) is 4.74 Å². The maximum atomic E-state index is 5.47. The van der Waals surface area contributed by atoms with Gasteiger partial charge in [0.15, 0.2) is 6.71 Å². The van der Waals surface area contributed by atoms with Crippen LogP contribution in [0.5, 0.6) is 0 Å². The second-order valence-corrected chi connectivity index (χ2v) is 4.36. The van der Waals surface area contributed by atoms with Gasteiger partial charge in [-0.15, -0.1) is 13.2 Å². The smallest absolute Gasteiger partial charge is 0.178 e. The molecule has 1 aliphatic heterocycles. The van der Waals surface area contributed by atoms with Gasteiger partial charge in [0, 0.05) is 6.42 Å². The molecule has 15 heavy (non-hydrogen) atoms. The van der Waals surface area contributed by atoms with Crippen molar-refractivity contribution in [1.29, 1.82) is 0 Å². The Balaban J connectivity index is 2.77. The fourth-order valence-electron chi connectivity index (χ4n) is 2.45. The van der Waals surface area contributed by atoms with Crippen molar-refractivity contribution in [3.8, 4) is 0 Å². The van der Waals surface area contributed by atoms with Gasteiger partial charge in [-0.3, -0.25) is 0 Å². The Labute approximate surface area is 94.0 Å². The molecule has 1 nitrogen and oxygen atoms in total. The largest absolute Gasteiger partial charge is 0.502 e. The van der Waals surface area contributed by atoms with Gasteiger partial charge in [-0.2, -0.15) is 0 Å². The lowest BCUT2D eigenvalue weighted by atomic mass is 9.36. The molecule has 1 aliphatic rings. The highest BCUT2D eigenvalue weighted by Crippen LogP contribution is 2.33. The van der Waals surface area contributed by atoms with Gasteiger partial charge in [0.2, 0.25) is 0 Å². The molecule has 1 rings (SSSR count). The second kappa shape index (κ2) is 5.84. The predicted molar refractivity (Wildman–Crippen MR) is 68.2 cm³/mol. The Morgan fingerprint density at radius 2 is 2.20 bits per heavy atom. The van der Waals surface area contributed by atoms with E-state index >= 15 is 0 Å². The molecule has 1 atom stereocenters. The zero-order valence-corrected chi connectivity index (χ0v) is 9.96. The predicted octanol–water partition coefficient (Wildman–Crippen LogP) is 3.72. The summed E-state index contributed by atoms with van der Waals surface area (Å²) in [7, 11) is 1.78. The summed E-state index contributed by atoms with van der Waals surface area (Å²) in [4.78, 5) is 0. The molecule has 0 aromatic heterocycles. The maximum Gasteiger partial charge on any atom is 0.178 e. The molecule has 1 unspecified atom stereocenters. The van der Waals surface area contributed by atoms with Crippen molar-refractivity contribution >= 4 is 6.71 Å². The van der Waals surface area contributed by atoms with E-state index in [0.29, 0.717) is 12.6 Å². The summed E-state index contributed by atoms with van der Waals surface area (Å²) in [6.07, 6.45) is 8.50. The molecule has 0 saturated heterocycles. The van der Waals surface area contributed by atoms with E-state index in [0.717, 1.165) is 19.2 Å². The Morgan fingerprint density at radius 1 is 1.47 bits per heavy atom. The van der Waals surface area contributed by atoms with Gasteiger partial charge in [0.1, 0.15) is 0 Å². The van der Waals surface area contributed by atoms with Crippen LogP contribution in [0, 0.1) is 5.92 Å². The van der Waals surface area contributed by atoms with Gasteiger partial charge >= 0.3 is 0 Å². The highest BCUT2D eigenvalue weighted by atomic mass is 16.5. The summed E-state index contributed by atoms with van der Waals surface area (Å²) < 4.78 is 5.47. The summed E-state index contributed by atoms with van der Waals surface area (Å²) in [5, 5.41) is 0. The second-order valence-electron chi connectivity index (χ2n) is 4.36. The standard InChI is InChI=1S/C13H21BO/c1-5-7-12-9-13(15-4)11(3)14(10-12)8-6-2/h5-6,12H,1-2,7-10H2,3-4H3. The molecule has 0 amide bonds. The lowest BCUT2D eigenvalue weighted by Crippen LogP contribution is -2.26. The lowest BCUT2D eigenvalue weighted by Gasteiger charge is -2.29. The van der Waals surface area contributed by atoms with Crippen LogP contribution in [0.25, 0.3) is 0 Å². The molecule has 0 N–H and O–H groups in total. The number of rotatable bonds is 5. The third-order valence-corrected chi connectivity index (χ3v) is 3.34.